The number of nitrogens with one attached hydrogen (secondary N) is 1. The second-order valence-corrected chi connectivity index (χ2v) is 7.88. The summed E-state index contributed by atoms with van der Waals surface area (Å²) in [6.07, 6.45) is 11.1. The summed E-state index contributed by atoms with van der Waals surface area (Å²) >= 11 is 0. The minimum absolute atomic E-state index is 0.419. The largest absolute Gasteiger partial charge is 0.227 e. The molecule has 0 bridgehead atoms. The van der Waals surface area contributed by atoms with Gasteiger partial charge in [0.05, 0.1) is 12.1 Å². The maximum Gasteiger partial charge on any atom is 0.227 e. The van der Waals surface area contributed by atoms with Gasteiger partial charge in [-0.05, 0) is 19.3 Å². The van der Waals surface area contributed by atoms with Crippen LogP contribution >= 0.6 is 0 Å². The molecule has 0 saturated carbocycles. The van der Waals surface area contributed by atoms with Gasteiger partial charge in [0.15, 0.2) is 5.25 Å². The molecule has 0 radical (unpaired) electrons. The number of hydrogen-bond donors (Lipinski definition) is 1. The van der Waals surface area contributed by atoms with Crippen molar-refractivity contribution in [2.24, 2.45) is 0 Å². The van der Waals surface area contributed by atoms with E-state index in [-0.39, 0.29) is 0 Å². The van der Waals surface area contributed by atoms with Crippen molar-refractivity contribution < 1.29 is 8.42 Å². The zero-order chi connectivity index (χ0) is 17.4. The summed E-state index contributed by atoms with van der Waals surface area (Å²) in [5.74, 6) is 0. The van der Waals surface area contributed by atoms with E-state index in [2.05, 4.69) is 17.7 Å². The summed E-state index contributed by atoms with van der Waals surface area (Å²) in [5, 5.41) is 16.5. The van der Waals surface area contributed by atoms with Gasteiger partial charge in [-0.3, -0.25) is 0 Å². The number of hydrogen-bond acceptors (Lipinski definition) is 4. The molecular formula is C17H31N3O2S. The van der Waals surface area contributed by atoms with Gasteiger partial charge in [0.1, 0.15) is 0 Å². The Bertz CT molecular complexity index is 463. The van der Waals surface area contributed by atoms with Gasteiger partial charge in [0.2, 0.25) is 10.0 Å². The van der Waals surface area contributed by atoms with Crippen LogP contribution in [0.5, 0.6) is 0 Å². The van der Waals surface area contributed by atoms with Crippen LogP contribution in [0.15, 0.2) is 0 Å². The highest BCUT2D eigenvalue weighted by molar-refractivity contribution is 7.90. The second-order valence-electron chi connectivity index (χ2n) is 5.94. The summed E-state index contributed by atoms with van der Waals surface area (Å²) in [7, 11) is -3.50. The van der Waals surface area contributed by atoms with Crippen molar-refractivity contribution in [1.82, 2.24) is 4.72 Å². The molecule has 0 aliphatic heterocycles. The molecule has 1 atom stereocenters. The zero-order valence-corrected chi connectivity index (χ0v) is 15.2. The van der Waals surface area contributed by atoms with Crippen LogP contribution in [0, 0.1) is 22.7 Å². The third-order valence-electron chi connectivity index (χ3n) is 3.86. The van der Waals surface area contributed by atoms with E-state index in [0.29, 0.717) is 19.4 Å². The van der Waals surface area contributed by atoms with Crippen LogP contribution in [0.1, 0.15) is 84.0 Å². The molecule has 0 saturated heterocycles. The Kier molecular flexibility index (Phi) is 13.8. The standard InChI is InChI=1S/C17H31N3O2S/c1-2-3-10-13-17(16-19)23(21,22)20-15-12-9-7-5-4-6-8-11-14-18/h17,20H,2-13,15H2,1H3. The molecule has 6 heteroatoms. The Morgan fingerprint density at radius 2 is 1.52 bits per heavy atom. The van der Waals surface area contributed by atoms with Crippen LogP contribution in [0.3, 0.4) is 0 Å². The molecule has 0 amide bonds. The molecule has 0 spiro atoms. The highest BCUT2D eigenvalue weighted by Crippen LogP contribution is 2.11. The van der Waals surface area contributed by atoms with E-state index in [4.69, 9.17) is 10.5 Å². The van der Waals surface area contributed by atoms with Gasteiger partial charge in [-0.2, -0.15) is 10.5 Å². The lowest BCUT2D eigenvalue weighted by atomic mass is 10.1. The number of sulfonamides is 1. The zero-order valence-electron chi connectivity index (χ0n) is 14.4. The van der Waals surface area contributed by atoms with E-state index >= 15 is 0 Å². The normalized spacial score (nSPS) is 12.5. The molecule has 0 aliphatic carbocycles. The number of unbranched alkanes of at least 4 members (excludes halogenated alkanes) is 9. The van der Waals surface area contributed by atoms with Crippen LogP contribution in [-0.4, -0.2) is 20.2 Å². The maximum atomic E-state index is 12.0. The monoisotopic (exact) mass is 341 g/mol. The van der Waals surface area contributed by atoms with Gasteiger partial charge in [-0.25, -0.2) is 13.1 Å². The van der Waals surface area contributed by atoms with E-state index < -0.39 is 15.3 Å². The summed E-state index contributed by atoms with van der Waals surface area (Å²) in [6, 6.07) is 4.06. The van der Waals surface area contributed by atoms with Crippen LogP contribution in [0.2, 0.25) is 0 Å². The van der Waals surface area contributed by atoms with Crippen molar-refractivity contribution in [2.45, 2.75) is 89.2 Å². The summed E-state index contributed by atoms with van der Waals surface area (Å²) < 4.78 is 26.6. The number of rotatable bonds is 15. The first-order chi connectivity index (χ1) is 11.1. The van der Waals surface area contributed by atoms with E-state index in [1.54, 1.807) is 0 Å². The van der Waals surface area contributed by atoms with Gasteiger partial charge in [0, 0.05) is 13.0 Å². The lowest BCUT2D eigenvalue weighted by Crippen LogP contribution is -2.34. The maximum absolute atomic E-state index is 12.0. The smallest absolute Gasteiger partial charge is 0.214 e. The van der Waals surface area contributed by atoms with Crippen molar-refractivity contribution in [3.05, 3.63) is 0 Å². The first-order valence-corrected chi connectivity index (χ1v) is 10.4. The van der Waals surface area contributed by atoms with Gasteiger partial charge >= 0.3 is 0 Å². The third kappa shape index (κ3) is 12.0. The van der Waals surface area contributed by atoms with E-state index in [1.165, 1.54) is 0 Å². The minimum Gasteiger partial charge on any atom is -0.214 e. The summed E-state index contributed by atoms with van der Waals surface area (Å²) in [4.78, 5) is 0. The fourth-order valence-corrected chi connectivity index (χ4v) is 3.64. The molecule has 0 fully saturated rings. The molecule has 0 aromatic carbocycles. The SMILES string of the molecule is CCCCCC(C#N)S(=O)(=O)NCCCCCCCCCC#N. The highest BCUT2D eigenvalue weighted by Gasteiger charge is 2.23. The van der Waals surface area contributed by atoms with Crippen molar-refractivity contribution >= 4 is 10.0 Å². The summed E-state index contributed by atoms with van der Waals surface area (Å²) in [6.45, 7) is 2.47. The Morgan fingerprint density at radius 1 is 0.913 bits per heavy atom. The second kappa shape index (κ2) is 14.5. The van der Waals surface area contributed by atoms with E-state index in [0.717, 1.165) is 64.2 Å². The Morgan fingerprint density at radius 3 is 2.09 bits per heavy atom. The predicted molar refractivity (Wildman–Crippen MR) is 93.0 cm³/mol. The lowest BCUT2D eigenvalue weighted by Gasteiger charge is -2.11. The predicted octanol–water partition coefficient (Wildman–Crippen LogP) is 4.02. The first-order valence-electron chi connectivity index (χ1n) is 8.83. The van der Waals surface area contributed by atoms with Gasteiger partial charge in [-0.1, -0.05) is 58.3 Å². The van der Waals surface area contributed by atoms with Gasteiger partial charge in [-0.15, -0.1) is 0 Å². The molecule has 0 heterocycles. The average molecular weight is 342 g/mol. The quantitative estimate of drug-likeness (QED) is 0.455. The third-order valence-corrected chi connectivity index (χ3v) is 5.55. The molecule has 132 valence electrons. The Balaban J connectivity index is 3.73. The fraction of sp³-hybridized carbons (Fsp3) is 0.882. The Hall–Kier alpha value is -1.11. The highest BCUT2D eigenvalue weighted by atomic mass is 32.2. The fourth-order valence-electron chi connectivity index (χ4n) is 2.40. The van der Waals surface area contributed by atoms with Crippen molar-refractivity contribution in [3.63, 3.8) is 0 Å². The molecule has 1 unspecified atom stereocenters. The average Bonchev–Trinajstić information content (AvgIpc) is 2.53. The number of nitrogens with zero attached hydrogens (tertiary/aromatic N) is 2. The molecule has 1 N–H and O–H groups in total. The van der Waals surface area contributed by atoms with Gasteiger partial charge in [0.25, 0.3) is 0 Å². The number of nitriles is 2. The van der Waals surface area contributed by atoms with Crippen molar-refractivity contribution in [3.8, 4) is 12.1 Å². The topological polar surface area (TPSA) is 93.8 Å². The van der Waals surface area contributed by atoms with E-state index in [1.807, 2.05) is 6.07 Å². The van der Waals surface area contributed by atoms with Crippen LogP contribution < -0.4 is 4.72 Å². The Labute approximate surface area is 142 Å². The molecule has 0 aliphatic rings. The minimum atomic E-state index is -3.50. The molecule has 0 aromatic heterocycles. The van der Waals surface area contributed by atoms with E-state index in [9.17, 15) is 8.42 Å². The van der Waals surface area contributed by atoms with Crippen molar-refractivity contribution in [2.75, 3.05) is 6.54 Å². The van der Waals surface area contributed by atoms with Gasteiger partial charge < -0.3 is 0 Å². The van der Waals surface area contributed by atoms with Crippen LogP contribution in [-0.2, 0) is 10.0 Å². The molecule has 23 heavy (non-hydrogen) atoms. The molecule has 0 rings (SSSR count). The lowest BCUT2D eigenvalue weighted by molar-refractivity contribution is 0.550. The molecule has 0 aromatic rings. The summed E-state index contributed by atoms with van der Waals surface area (Å²) in [5.41, 5.74) is 0. The van der Waals surface area contributed by atoms with Crippen LogP contribution in [0.4, 0.5) is 0 Å². The van der Waals surface area contributed by atoms with Crippen LogP contribution in [0.25, 0.3) is 0 Å². The molecule has 5 nitrogen and oxygen atoms in total. The van der Waals surface area contributed by atoms with Crippen molar-refractivity contribution in [1.29, 1.82) is 10.5 Å². The molecular weight excluding hydrogens is 310 g/mol. The first kappa shape index (κ1) is 21.9.